The Bertz CT molecular complexity index is 622. The average molecular weight is 305 g/mol. The predicted octanol–water partition coefficient (Wildman–Crippen LogP) is 1.63. The van der Waals surface area contributed by atoms with Gasteiger partial charge in [-0.3, -0.25) is 9.69 Å². The summed E-state index contributed by atoms with van der Waals surface area (Å²) in [5, 5.41) is 22.9. The monoisotopic (exact) mass is 305 g/mol. The van der Waals surface area contributed by atoms with Gasteiger partial charge in [-0.05, 0) is 38.2 Å². The van der Waals surface area contributed by atoms with Gasteiger partial charge < -0.3 is 10.4 Å². The Morgan fingerprint density at radius 3 is 2.76 bits per heavy atom. The molecular formula is C15H19N3O2S. The van der Waals surface area contributed by atoms with Gasteiger partial charge in [0.1, 0.15) is 11.1 Å². The summed E-state index contributed by atoms with van der Waals surface area (Å²) < 4.78 is 0. The van der Waals surface area contributed by atoms with Crippen molar-refractivity contribution >= 4 is 22.2 Å². The first-order valence-electron chi connectivity index (χ1n) is 7.17. The number of likely N-dealkylation sites (tertiary alicyclic amines) is 1. The van der Waals surface area contributed by atoms with E-state index < -0.39 is 5.60 Å². The van der Waals surface area contributed by atoms with Crippen molar-refractivity contribution < 1.29 is 9.90 Å². The smallest absolute Gasteiger partial charge is 0.239 e. The molecule has 0 unspecified atom stereocenters. The lowest BCUT2D eigenvalue weighted by Crippen LogP contribution is -2.64. The fraction of sp³-hybridized carbons (Fsp3) is 0.600. The molecule has 112 valence electrons. The van der Waals surface area contributed by atoms with E-state index in [4.69, 9.17) is 5.26 Å². The number of hydrogen-bond acceptors (Lipinski definition) is 5. The van der Waals surface area contributed by atoms with Crippen LogP contribution < -0.4 is 5.32 Å². The van der Waals surface area contributed by atoms with Crippen LogP contribution in [-0.4, -0.2) is 41.1 Å². The minimum absolute atomic E-state index is 0.120. The maximum atomic E-state index is 12.1. The van der Waals surface area contributed by atoms with Crippen molar-refractivity contribution in [2.45, 2.75) is 32.3 Å². The zero-order valence-corrected chi connectivity index (χ0v) is 13.1. The second-order valence-corrected chi connectivity index (χ2v) is 7.40. The van der Waals surface area contributed by atoms with Crippen LogP contribution in [0.25, 0.3) is 0 Å². The normalized spacial score (nSPS) is 20.7. The zero-order valence-electron chi connectivity index (χ0n) is 12.3. The van der Waals surface area contributed by atoms with E-state index >= 15 is 0 Å². The number of thiophene rings is 1. The molecule has 5 nitrogen and oxygen atoms in total. The number of nitriles is 1. The summed E-state index contributed by atoms with van der Waals surface area (Å²) in [5.41, 5.74) is 0.933. The Hall–Kier alpha value is -1.42. The standard InChI is InChI=1S/C15H19N3O2S/c1-9-10(2)21-14(12(9)5-16)17-13(19)6-18-7-15(20,8-18)11-3-4-11/h11,20H,3-4,6-8H2,1-2H3,(H,17,19). The summed E-state index contributed by atoms with van der Waals surface area (Å²) in [6.45, 7) is 5.28. The van der Waals surface area contributed by atoms with Crippen molar-refractivity contribution in [1.29, 1.82) is 5.26 Å². The Labute approximate surface area is 128 Å². The molecule has 0 atom stereocenters. The van der Waals surface area contributed by atoms with Crippen molar-refractivity contribution in [2.24, 2.45) is 5.92 Å². The zero-order chi connectivity index (χ0) is 15.2. The topological polar surface area (TPSA) is 76.4 Å². The SMILES string of the molecule is Cc1sc(NC(=O)CN2CC(O)(C3CC3)C2)c(C#N)c1C. The summed E-state index contributed by atoms with van der Waals surface area (Å²) >= 11 is 1.44. The summed E-state index contributed by atoms with van der Waals surface area (Å²) in [5.74, 6) is 0.315. The Morgan fingerprint density at radius 1 is 1.52 bits per heavy atom. The van der Waals surface area contributed by atoms with Gasteiger partial charge in [0, 0.05) is 18.0 Å². The maximum Gasteiger partial charge on any atom is 0.239 e. The molecule has 1 amide bonds. The number of carbonyl (C=O) groups is 1. The lowest BCUT2D eigenvalue weighted by Gasteiger charge is -2.46. The van der Waals surface area contributed by atoms with Gasteiger partial charge in [-0.15, -0.1) is 11.3 Å². The van der Waals surface area contributed by atoms with Crippen LogP contribution in [-0.2, 0) is 4.79 Å². The second kappa shape index (κ2) is 5.09. The quantitative estimate of drug-likeness (QED) is 0.886. The van der Waals surface area contributed by atoms with E-state index in [1.54, 1.807) is 0 Å². The number of rotatable bonds is 4. The van der Waals surface area contributed by atoms with Gasteiger partial charge in [-0.2, -0.15) is 5.26 Å². The number of nitrogens with zero attached hydrogens (tertiary/aromatic N) is 2. The van der Waals surface area contributed by atoms with Crippen LogP contribution in [0.3, 0.4) is 0 Å². The van der Waals surface area contributed by atoms with E-state index in [-0.39, 0.29) is 12.5 Å². The number of aryl methyl sites for hydroxylation is 1. The first-order chi connectivity index (χ1) is 9.93. The molecule has 1 saturated heterocycles. The van der Waals surface area contributed by atoms with Gasteiger partial charge in [-0.25, -0.2) is 0 Å². The van der Waals surface area contributed by atoms with Crippen LogP contribution >= 0.6 is 11.3 Å². The Kier molecular flexibility index (Phi) is 3.52. The van der Waals surface area contributed by atoms with Gasteiger partial charge >= 0.3 is 0 Å². The largest absolute Gasteiger partial charge is 0.387 e. The van der Waals surface area contributed by atoms with Crippen LogP contribution in [0.4, 0.5) is 5.00 Å². The molecule has 6 heteroatoms. The Morgan fingerprint density at radius 2 is 2.19 bits per heavy atom. The predicted molar refractivity (Wildman–Crippen MR) is 81.3 cm³/mol. The molecule has 3 rings (SSSR count). The molecule has 0 spiro atoms. The first-order valence-corrected chi connectivity index (χ1v) is 7.99. The molecule has 0 bridgehead atoms. The summed E-state index contributed by atoms with van der Waals surface area (Å²) in [7, 11) is 0. The molecular weight excluding hydrogens is 286 g/mol. The minimum atomic E-state index is -0.561. The molecule has 2 aliphatic rings. The maximum absolute atomic E-state index is 12.1. The number of carbonyl (C=O) groups excluding carboxylic acids is 1. The molecule has 1 aliphatic heterocycles. The minimum Gasteiger partial charge on any atom is -0.387 e. The molecule has 1 aromatic rings. The molecule has 1 saturated carbocycles. The van der Waals surface area contributed by atoms with E-state index in [0.29, 0.717) is 29.6 Å². The average Bonchev–Trinajstić information content (AvgIpc) is 3.17. The second-order valence-electron chi connectivity index (χ2n) is 6.17. The van der Waals surface area contributed by atoms with Crippen LogP contribution in [0.15, 0.2) is 0 Å². The first kappa shape index (κ1) is 14.5. The van der Waals surface area contributed by atoms with Gasteiger partial charge in [-0.1, -0.05) is 0 Å². The van der Waals surface area contributed by atoms with E-state index in [1.165, 1.54) is 11.3 Å². The number of β-amino-alcohol motifs (C(OH)–C–C–N with tert-alkyl or cyclic N) is 1. The van der Waals surface area contributed by atoms with Crippen LogP contribution in [0, 0.1) is 31.1 Å². The molecule has 1 aromatic heterocycles. The summed E-state index contributed by atoms with van der Waals surface area (Å²) in [6, 6.07) is 2.15. The molecule has 0 aromatic carbocycles. The third-order valence-corrected chi connectivity index (χ3v) is 5.57. The highest BCUT2D eigenvalue weighted by Crippen LogP contribution is 2.44. The Balaban J connectivity index is 1.56. The number of anilines is 1. The van der Waals surface area contributed by atoms with Gasteiger partial charge in [0.05, 0.1) is 17.7 Å². The van der Waals surface area contributed by atoms with Gasteiger partial charge in [0.25, 0.3) is 0 Å². The highest BCUT2D eigenvalue weighted by atomic mass is 32.1. The van der Waals surface area contributed by atoms with Crippen LogP contribution in [0.1, 0.15) is 28.8 Å². The van der Waals surface area contributed by atoms with Crippen molar-refractivity contribution in [3.8, 4) is 6.07 Å². The van der Waals surface area contributed by atoms with Crippen molar-refractivity contribution in [3.05, 3.63) is 16.0 Å². The number of hydrogen-bond donors (Lipinski definition) is 2. The van der Waals surface area contributed by atoms with Crippen LogP contribution in [0.2, 0.25) is 0 Å². The van der Waals surface area contributed by atoms with Gasteiger partial charge in [0.2, 0.25) is 5.91 Å². The lowest BCUT2D eigenvalue weighted by atomic mass is 9.89. The highest BCUT2D eigenvalue weighted by Gasteiger charge is 2.51. The molecule has 0 radical (unpaired) electrons. The van der Waals surface area contributed by atoms with Crippen molar-refractivity contribution in [3.63, 3.8) is 0 Å². The van der Waals surface area contributed by atoms with Crippen LogP contribution in [0.5, 0.6) is 0 Å². The molecule has 2 heterocycles. The summed E-state index contributed by atoms with van der Waals surface area (Å²) in [4.78, 5) is 15.1. The number of amides is 1. The van der Waals surface area contributed by atoms with Crippen molar-refractivity contribution in [2.75, 3.05) is 25.0 Å². The van der Waals surface area contributed by atoms with E-state index in [2.05, 4.69) is 11.4 Å². The molecule has 2 N–H and O–H groups in total. The van der Waals surface area contributed by atoms with E-state index in [9.17, 15) is 9.90 Å². The van der Waals surface area contributed by atoms with Crippen molar-refractivity contribution in [1.82, 2.24) is 4.90 Å². The number of aliphatic hydroxyl groups is 1. The molecule has 1 aliphatic carbocycles. The van der Waals surface area contributed by atoms with E-state index in [1.807, 2.05) is 18.7 Å². The fourth-order valence-corrected chi connectivity index (χ4v) is 3.96. The summed E-state index contributed by atoms with van der Waals surface area (Å²) in [6.07, 6.45) is 2.21. The lowest BCUT2D eigenvalue weighted by molar-refractivity contribution is -0.132. The van der Waals surface area contributed by atoms with Gasteiger partial charge in [0.15, 0.2) is 0 Å². The fourth-order valence-electron chi connectivity index (χ4n) is 2.94. The number of nitrogens with one attached hydrogen (secondary N) is 1. The van der Waals surface area contributed by atoms with E-state index in [0.717, 1.165) is 23.3 Å². The third-order valence-electron chi connectivity index (χ3n) is 4.45. The molecule has 2 fully saturated rings. The molecule has 21 heavy (non-hydrogen) atoms. The third kappa shape index (κ3) is 2.69. The highest BCUT2D eigenvalue weighted by molar-refractivity contribution is 7.16.